The zero-order valence-electron chi connectivity index (χ0n) is 17.2. The fraction of sp³-hybridized carbons (Fsp3) is 0.190. The molecule has 3 aromatic rings. The van der Waals surface area contributed by atoms with Crippen LogP contribution in [-0.2, 0) is 7.05 Å². The highest BCUT2D eigenvalue weighted by Gasteiger charge is 2.16. The average Bonchev–Trinajstić information content (AvgIpc) is 2.97. The Morgan fingerprint density at radius 2 is 1.80 bits per heavy atom. The van der Waals surface area contributed by atoms with Gasteiger partial charge in [-0.2, -0.15) is 5.10 Å². The summed E-state index contributed by atoms with van der Waals surface area (Å²) in [6, 6.07) is 14.8. The number of anilines is 1. The molecule has 156 valence electrons. The van der Waals surface area contributed by atoms with E-state index in [0.29, 0.717) is 17.2 Å². The number of hydrazone groups is 1. The Morgan fingerprint density at radius 1 is 1.10 bits per heavy atom. The van der Waals surface area contributed by atoms with Gasteiger partial charge in [0.05, 0.1) is 31.8 Å². The molecule has 8 nitrogen and oxygen atoms in total. The average molecular weight is 426 g/mol. The lowest BCUT2D eigenvalue weighted by Crippen LogP contribution is -2.28. The zero-order chi connectivity index (χ0) is 21.7. The topological polar surface area (TPSA) is 81.8 Å². The number of para-hydroxylation sites is 1. The van der Waals surface area contributed by atoms with Crippen molar-refractivity contribution < 1.29 is 9.47 Å². The van der Waals surface area contributed by atoms with Crippen LogP contribution >= 0.6 is 12.2 Å². The number of aromatic nitrogens is 2. The van der Waals surface area contributed by atoms with Crippen molar-refractivity contribution in [3.8, 4) is 17.2 Å². The smallest absolute Gasteiger partial charge is 0.295 e. The lowest BCUT2D eigenvalue weighted by molar-refractivity contribution is 0.355. The Hall–Kier alpha value is -3.59. The number of ether oxygens (including phenoxy) is 2. The number of hydrogen-bond donors (Lipinski definition) is 2. The Kier molecular flexibility index (Phi) is 6.53. The van der Waals surface area contributed by atoms with Crippen LogP contribution in [0.25, 0.3) is 5.69 Å². The molecule has 3 rings (SSSR count). The van der Waals surface area contributed by atoms with Crippen LogP contribution in [0.1, 0.15) is 11.3 Å². The molecule has 2 N–H and O–H groups in total. The third-order valence-electron chi connectivity index (χ3n) is 4.58. The molecule has 0 radical (unpaired) electrons. The second-order valence-electron chi connectivity index (χ2n) is 6.38. The van der Waals surface area contributed by atoms with Gasteiger partial charge in [-0.15, -0.1) is 0 Å². The highest BCUT2D eigenvalue weighted by atomic mass is 32.1. The molecule has 0 atom stereocenters. The van der Waals surface area contributed by atoms with E-state index in [4.69, 9.17) is 21.7 Å². The lowest BCUT2D eigenvalue weighted by Gasteiger charge is -2.08. The minimum absolute atomic E-state index is 0.200. The van der Waals surface area contributed by atoms with E-state index in [1.807, 2.05) is 50.4 Å². The molecule has 9 heteroatoms. The lowest BCUT2D eigenvalue weighted by atomic mass is 10.2. The molecule has 0 amide bonds. The van der Waals surface area contributed by atoms with E-state index < -0.39 is 0 Å². The molecule has 0 saturated heterocycles. The van der Waals surface area contributed by atoms with E-state index in [9.17, 15) is 4.79 Å². The summed E-state index contributed by atoms with van der Waals surface area (Å²) >= 11 is 5.29. The first-order valence-electron chi connectivity index (χ1n) is 9.12. The van der Waals surface area contributed by atoms with Crippen molar-refractivity contribution in [2.45, 2.75) is 6.92 Å². The summed E-state index contributed by atoms with van der Waals surface area (Å²) in [6.07, 6.45) is 1.59. The molecule has 0 bridgehead atoms. The number of nitrogens with zero attached hydrogens (tertiary/aromatic N) is 3. The molecule has 0 spiro atoms. The number of benzene rings is 2. The molecule has 0 aliphatic rings. The largest absolute Gasteiger partial charge is 0.493 e. The predicted molar refractivity (Wildman–Crippen MR) is 122 cm³/mol. The first kappa shape index (κ1) is 21.1. The van der Waals surface area contributed by atoms with Gasteiger partial charge in [0.25, 0.3) is 5.56 Å². The van der Waals surface area contributed by atoms with Crippen molar-refractivity contribution in [2.75, 3.05) is 19.5 Å². The van der Waals surface area contributed by atoms with Gasteiger partial charge in [-0.1, -0.05) is 18.2 Å². The number of nitrogens with one attached hydrogen (secondary N) is 2. The predicted octanol–water partition coefficient (Wildman–Crippen LogP) is 2.82. The van der Waals surface area contributed by atoms with Crippen LogP contribution in [0.5, 0.6) is 11.5 Å². The maximum absolute atomic E-state index is 12.9. The summed E-state index contributed by atoms with van der Waals surface area (Å²) in [5.74, 6) is 1.23. The second-order valence-corrected chi connectivity index (χ2v) is 6.78. The van der Waals surface area contributed by atoms with Gasteiger partial charge >= 0.3 is 0 Å². The van der Waals surface area contributed by atoms with Crippen molar-refractivity contribution in [1.82, 2.24) is 14.8 Å². The van der Waals surface area contributed by atoms with Gasteiger partial charge in [-0.05, 0) is 55.0 Å². The van der Waals surface area contributed by atoms with Gasteiger partial charge in [0.15, 0.2) is 16.6 Å². The van der Waals surface area contributed by atoms with Gasteiger partial charge in [-0.3, -0.25) is 14.9 Å². The van der Waals surface area contributed by atoms with Gasteiger partial charge in [0, 0.05) is 7.05 Å². The minimum Gasteiger partial charge on any atom is -0.493 e. The highest BCUT2D eigenvalue weighted by Crippen LogP contribution is 2.26. The van der Waals surface area contributed by atoms with E-state index >= 15 is 0 Å². The first-order chi connectivity index (χ1) is 14.5. The minimum atomic E-state index is -0.200. The molecule has 0 fully saturated rings. The summed E-state index contributed by atoms with van der Waals surface area (Å²) in [6.45, 7) is 1.85. The van der Waals surface area contributed by atoms with Crippen LogP contribution in [-0.4, -0.2) is 34.9 Å². The molecule has 0 aliphatic carbocycles. The van der Waals surface area contributed by atoms with E-state index in [2.05, 4.69) is 15.8 Å². The van der Waals surface area contributed by atoms with Crippen molar-refractivity contribution in [3.63, 3.8) is 0 Å². The van der Waals surface area contributed by atoms with Gasteiger partial charge in [0.2, 0.25) is 0 Å². The molecular weight excluding hydrogens is 402 g/mol. The molecule has 30 heavy (non-hydrogen) atoms. The fourth-order valence-electron chi connectivity index (χ4n) is 2.95. The summed E-state index contributed by atoms with van der Waals surface area (Å²) < 4.78 is 13.8. The van der Waals surface area contributed by atoms with E-state index in [-0.39, 0.29) is 10.7 Å². The Balaban J connectivity index is 1.73. The van der Waals surface area contributed by atoms with E-state index in [0.717, 1.165) is 16.9 Å². The van der Waals surface area contributed by atoms with Crippen molar-refractivity contribution in [1.29, 1.82) is 0 Å². The molecule has 0 saturated carbocycles. The van der Waals surface area contributed by atoms with E-state index in [1.165, 1.54) is 0 Å². The quantitative estimate of drug-likeness (QED) is 0.359. The highest BCUT2D eigenvalue weighted by molar-refractivity contribution is 7.80. The standard InChI is InChI=1S/C21H23N5O3S/c1-14-19(20(27)26(25(14)2)16-8-6-5-7-9-16)23-21(30)24-22-13-15-10-11-17(28-3)18(12-15)29-4/h5-13H,1-4H3,(H2,23,24,30). The van der Waals surface area contributed by atoms with Crippen LogP contribution in [0, 0.1) is 6.92 Å². The maximum Gasteiger partial charge on any atom is 0.295 e. The van der Waals surface area contributed by atoms with Gasteiger partial charge in [-0.25, -0.2) is 4.68 Å². The molecule has 0 unspecified atom stereocenters. The monoisotopic (exact) mass is 425 g/mol. The zero-order valence-corrected chi connectivity index (χ0v) is 18.0. The third kappa shape index (κ3) is 4.36. The Bertz CT molecular complexity index is 1140. The SMILES string of the molecule is COc1ccc(C=NNC(=S)Nc2c(C)n(C)n(-c3ccccc3)c2=O)cc1OC. The van der Waals surface area contributed by atoms with Crippen molar-refractivity contribution >= 4 is 29.2 Å². The number of thiocarbonyl (C=S) groups is 1. The van der Waals surface area contributed by atoms with E-state index in [1.54, 1.807) is 41.9 Å². The fourth-order valence-corrected chi connectivity index (χ4v) is 3.11. The third-order valence-corrected chi connectivity index (χ3v) is 4.77. The molecule has 1 heterocycles. The van der Waals surface area contributed by atoms with Gasteiger partial charge in [0.1, 0.15) is 5.69 Å². The van der Waals surface area contributed by atoms with Crippen LogP contribution < -0.4 is 25.8 Å². The van der Waals surface area contributed by atoms with Crippen LogP contribution in [0.4, 0.5) is 5.69 Å². The van der Waals surface area contributed by atoms with Gasteiger partial charge < -0.3 is 14.8 Å². The molecule has 2 aromatic carbocycles. The first-order valence-corrected chi connectivity index (χ1v) is 9.53. The van der Waals surface area contributed by atoms with Crippen LogP contribution in [0.2, 0.25) is 0 Å². The van der Waals surface area contributed by atoms with Crippen LogP contribution in [0.15, 0.2) is 58.4 Å². The second kappa shape index (κ2) is 9.27. The number of rotatable bonds is 6. The molecule has 1 aromatic heterocycles. The Morgan fingerprint density at radius 3 is 2.47 bits per heavy atom. The summed E-state index contributed by atoms with van der Waals surface area (Å²) in [5, 5.41) is 7.28. The van der Waals surface area contributed by atoms with Crippen molar-refractivity contribution in [3.05, 3.63) is 70.1 Å². The number of hydrogen-bond acceptors (Lipinski definition) is 5. The van der Waals surface area contributed by atoms with Crippen LogP contribution in [0.3, 0.4) is 0 Å². The Labute approximate surface area is 179 Å². The van der Waals surface area contributed by atoms with Crippen molar-refractivity contribution in [2.24, 2.45) is 12.1 Å². The molecule has 0 aliphatic heterocycles. The summed E-state index contributed by atoms with van der Waals surface area (Å²) in [4.78, 5) is 12.9. The normalized spacial score (nSPS) is 10.8. The maximum atomic E-state index is 12.9. The molecular formula is C21H23N5O3S. The summed E-state index contributed by atoms with van der Waals surface area (Å²) in [7, 11) is 4.97. The summed E-state index contributed by atoms with van der Waals surface area (Å²) in [5.41, 5.74) is 5.23. The number of methoxy groups -OCH3 is 2.